The summed E-state index contributed by atoms with van der Waals surface area (Å²) in [6, 6.07) is 13.1. The van der Waals surface area contributed by atoms with E-state index in [1.165, 1.54) is 7.05 Å². The predicted molar refractivity (Wildman–Crippen MR) is 86.9 cm³/mol. The highest BCUT2D eigenvalue weighted by Crippen LogP contribution is 2.25. The number of benzene rings is 1. The van der Waals surface area contributed by atoms with E-state index in [0.717, 1.165) is 18.1 Å². The molecule has 1 saturated heterocycles. The van der Waals surface area contributed by atoms with Gasteiger partial charge in [0.05, 0.1) is 11.8 Å². The molecule has 1 fully saturated rings. The first-order valence-electron chi connectivity index (χ1n) is 7.53. The number of nitrogens with one attached hydrogen (secondary N) is 1. The van der Waals surface area contributed by atoms with Crippen LogP contribution in [0.25, 0.3) is 0 Å². The number of furan rings is 1. The summed E-state index contributed by atoms with van der Waals surface area (Å²) in [6.07, 6.45) is 0.636. The number of hydrogen-bond acceptors (Lipinski definition) is 5. The molecule has 124 valence electrons. The second-order valence-electron chi connectivity index (χ2n) is 5.53. The van der Waals surface area contributed by atoms with Crippen molar-refractivity contribution >= 4 is 10.0 Å². The molecule has 1 aromatic carbocycles. The first-order valence-corrected chi connectivity index (χ1v) is 9.08. The minimum absolute atomic E-state index is 0.359. The summed E-state index contributed by atoms with van der Waals surface area (Å²) in [4.78, 5) is 2.07. The SMILES string of the molecule is CNS(=O)(=O)[C@@H]1CCN(Cc2ccc(Oc3ccccc3)o2)C1. The van der Waals surface area contributed by atoms with Gasteiger partial charge in [0.2, 0.25) is 10.0 Å². The molecular weight excluding hydrogens is 316 g/mol. The van der Waals surface area contributed by atoms with Crippen LogP contribution < -0.4 is 9.46 Å². The van der Waals surface area contributed by atoms with Crippen molar-refractivity contribution < 1.29 is 17.6 Å². The lowest BCUT2D eigenvalue weighted by Crippen LogP contribution is -2.34. The number of likely N-dealkylation sites (tertiary alicyclic amines) is 1. The maximum absolute atomic E-state index is 11.8. The molecule has 2 heterocycles. The third-order valence-corrected chi connectivity index (χ3v) is 5.76. The molecule has 0 radical (unpaired) electrons. The van der Waals surface area contributed by atoms with Crippen molar-refractivity contribution in [2.45, 2.75) is 18.2 Å². The van der Waals surface area contributed by atoms with E-state index >= 15 is 0 Å². The van der Waals surface area contributed by atoms with E-state index in [0.29, 0.717) is 25.5 Å². The average Bonchev–Trinajstić information content (AvgIpc) is 3.19. The predicted octanol–water partition coefficient (Wildman–Crippen LogP) is 2.20. The van der Waals surface area contributed by atoms with Gasteiger partial charge in [-0.2, -0.15) is 0 Å². The fourth-order valence-corrected chi connectivity index (χ4v) is 3.84. The number of ether oxygens (including phenoxy) is 1. The fourth-order valence-electron chi connectivity index (χ4n) is 2.68. The van der Waals surface area contributed by atoms with Gasteiger partial charge in [0, 0.05) is 19.2 Å². The Morgan fingerprint density at radius 2 is 2.04 bits per heavy atom. The van der Waals surface area contributed by atoms with E-state index in [4.69, 9.17) is 9.15 Å². The van der Waals surface area contributed by atoms with Crippen LogP contribution in [-0.2, 0) is 16.6 Å². The van der Waals surface area contributed by atoms with E-state index in [9.17, 15) is 8.42 Å². The summed E-state index contributed by atoms with van der Waals surface area (Å²) in [6.45, 7) is 1.83. The Hall–Kier alpha value is -1.83. The van der Waals surface area contributed by atoms with Crippen LogP contribution in [0.4, 0.5) is 0 Å². The lowest BCUT2D eigenvalue weighted by Gasteiger charge is -2.14. The van der Waals surface area contributed by atoms with Gasteiger partial charge in [0.1, 0.15) is 11.5 Å². The monoisotopic (exact) mass is 336 g/mol. The molecule has 0 amide bonds. The molecule has 1 aliphatic heterocycles. The zero-order valence-electron chi connectivity index (χ0n) is 12.9. The first kappa shape index (κ1) is 16.0. The van der Waals surface area contributed by atoms with Crippen LogP contribution in [0.1, 0.15) is 12.2 Å². The minimum atomic E-state index is -3.21. The molecule has 0 saturated carbocycles. The van der Waals surface area contributed by atoms with E-state index in [2.05, 4.69) is 9.62 Å². The first-order chi connectivity index (χ1) is 11.1. The van der Waals surface area contributed by atoms with Gasteiger partial charge in [-0.05, 0) is 31.7 Å². The quantitative estimate of drug-likeness (QED) is 0.875. The Morgan fingerprint density at radius 3 is 2.78 bits per heavy atom. The van der Waals surface area contributed by atoms with Crippen LogP contribution in [0.5, 0.6) is 11.7 Å². The van der Waals surface area contributed by atoms with Crippen LogP contribution in [0.15, 0.2) is 46.9 Å². The zero-order valence-corrected chi connectivity index (χ0v) is 13.8. The largest absolute Gasteiger partial charge is 0.429 e. The van der Waals surface area contributed by atoms with Gasteiger partial charge >= 0.3 is 0 Å². The third kappa shape index (κ3) is 3.93. The van der Waals surface area contributed by atoms with Gasteiger partial charge < -0.3 is 9.15 Å². The highest BCUT2D eigenvalue weighted by Gasteiger charge is 2.32. The molecule has 0 unspecified atom stereocenters. The highest BCUT2D eigenvalue weighted by molar-refractivity contribution is 7.90. The van der Waals surface area contributed by atoms with Gasteiger partial charge in [0.25, 0.3) is 5.95 Å². The van der Waals surface area contributed by atoms with Crippen LogP contribution in [0, 0.1) is 0 Å². The molecule has 7 heteroatoms. The van der Waals surface area contributed by atoms with E-state index in [1.807, 2.05) is 36.4 Å². The Balaban J connectivity index is 1.58. The van der Waals surface area contributed by atoms with Gasteiger partial charge in [-0.25, -0.2) is 13.1 Å². The number of hydrogen-bond donors (Lipinski definition) is 1. The van der Waals surface area contributed by atoms with Crippen molar-refractivity contribution in [3.05, 3.63) is 48.2 Å². The molecular formula is C16H20N2O4S. The molecule has 1 aliphatic rings. The minimum Gasteiger partial charge on any atom is -0.429 e. The van der Waals surface area contributed by atoms with Crippen LogP contribution in [-0.4, -0.2) is 38.7 Å². The zero-order chi connectivity index (χ0) is 16.3. The maximum Gasteiger partial charge on any atom is 0.290 e. The third-order valence-electron chi connectivity index (χ3n) is 3.93. The summed E-state index contributed by atoms with van der Waals surface area (Å²) in [7, 11) is -1.75. The smallest absolute Gasteiger partial charge is 0.290 e. The van der Waals surface area contributed by atoms with Gasteiger partial charge in [-0.1, -0.05) is 18.2 Å². The Labute approximate surface area is 136 Å². The molecule has 2 aromatic rings. The van der Waals surface area contributed by atoms with Crippen molar-refractivity contribution in [2.75, 3.05) is 20.1 Å². The topological polar surface area (TPSA) is 71.8 Å². The van der Waals surface area contributed by atoms with E-state index in [1.54, 1.807) is 6.07 Å². The summed E-state index contributed by atoms with van der Waals surface area (Å²) in [5.41, 5.74) is 0. The maximum atomic E-state index is 11.8. The summed E-state index contributed by atoms with van der Waals surface area (Å²) in [5, 5.41) is -0.359. The molecule has 1 atom stereocenters. The van der Waals surface area contributed by atoms with Crippen molar-refractivity contribution in [3.8, 4) is 11.7 Å². The van der Waals surface area contributed by atoms with Gasteiger partial charge in [-0.3, -0.25) is 4.90 Å². The molecule has 0 bridgehead atoms. The lowest BCUT2D eigenvalue weighted by molar-refractivity contribution is 0.272. The molecule has 1 N–H and O–H groups in total. The fraction of sp³-hybridized carbons (Fsp3) is 0.375. The number of nitrogens with zero attached hydrogens (tertiary/aromatic N) is 1. The number of para-hydroxylation sites is 1. The van der Waals surface area contributed by atoms with Crippen molar-refractivity contribution in [1.29, 1.82) is 0 Å². The molecule has 1 aromatic heterocycles. The summed E-state index contributed by atoms with van der Waals surface area (Å²) in [5.74, 6) is 1.91. The van der Waals surface area contributed by atoms with Crippen LogP contribution >= 0.6 is 0 Å². The standard InChI is InChI=1S/C16H20N2O4S/c1-17-23(19,20)15-9-10-18(12-15)11-14-7-8-16(22-14)21-13-5-3-2-4-6-13/h2-8,15,17H,9-12H2,1H3/t15-/m1/s1. The molecule has 23 heavy (non-hydrogen) atoms. The lowest BCUT2D eigenvalue weighted by atomic mass is 10.3. The Morgan fingerprint density at radius 1 is 1.26 bits per heavy atom. The van der Waals surface area contributed by atoms with Crippen molar-refractivity contribution in [1.82, 2.24) is 9.62 Å². The van der Waals surface area contributed by atoms with Crippen molar-refractivity contribution in [2.24, 2.45) is 0 Å². The summed E-state index contributed by atoms with van der Waals surface area (Å²) >= 11 is 0. The molecule has 0 spiro atoms. The van der Waals surface area contributed by atoms with E-state index < -0.39 is 10.0 Å². The Bertz CT molecular complexity index is 742. The normalized spacial score (nSPS) is 19.1. The van der Waals surface area contributed by atoms with E-state index in [-0.39, 0.29) is 5.25 Å². The average molecular weight is 336 g/mol. The van der Waals surface area contributed by atoms with Gasteiger partial charge in [0.15, 0.2) is 0 Å². The second kappa shape index (κ2) is 6.74. The van der Waals surface area contributed by atoms with Crippen LogP contribution in [0.3, 0.4) is 0 Å². The highest BCUT2D eigenvalue weighted by atomic mass is 32.2. The number of rotatable bonds is 6. The van der Waals surface area contributed by atoms with Crippen LogP contribution in [0.2, 0.25) is 0 Å². The molecule has 6 nitrogen and oxygen atoms in total. The second-order valence-corrected chi connectivity index (χ2v) is 7.70. The molecule has 3 rings (SSSR count). The number of sulfonamides is 1. The molecule has 0 aliphatic carbocycles. The van der Waals surface area contributed by atoms with Gasteiger partial charge in [-0.15, -0.1) is 0 Å². The Kier molecular flexibility index (Phi) is 4.70. The van der Waals surface area contributed by atoms with Crippen molar-refractivity contribution in [3.63, 3.8) is 0 Å². The summed E-state index contributed by atoms with van der Waals surface area (Å²) < 4.78 is 37.3.